The molecule has 0 aromatic rings. The van der Waals surface area contributed by atoms with Gasteiger partial charge in [-0.05, 0) is 18.3 Å². The van der Waals surface area contributed by atoms with E-state index in [1.165, 1.54) is 32.1 Å². The van der Waals surface area contributed by atoms with E-state index in [9.17, 15) is 0 Å². The summed E-state index contributed by atoms with van der Waals surface area (Å²) >= 11 is 0. The molecule has 0 spiro atoms. The molecule has 0 atom stereocenters. The van der Waals surface area contributed by atoms with Gasteiger partial charge in [0, 0.05) is 0 Å². The van der Waals surface area contributed by atoms with Gasteiger partial charge < -0.3 is 9.47 Å². The van der Waals surface area contributed by atoms with Gasteiger partial charge >= 0.3 is 0 Å². The topological polar surface area (TPSA) is 18.5 Å². The maximum Gasteiger partial charge on any atom is 0.168 e. The molecule has 2 nitrogen and oxygen atoms in total. The lowest BCUT2D eigenvalue weighted by molar-refractivity contribution is -0.174. The normalized spacial score (nSPS) is 22.1. The summed E-state index contributed by atoms with van der Waals surface area (Å²) in [5.74, 6) is 4.48. The minimum atomic E-state index is -0.135. The first-order chi connectivity index (χ1) is 8.74. The van der Waals surface area contributed by atoms with Crippen molar-refractivity contribution in [3.05, 3.63) is 0 Å². The van der Waals surface area contributed by atoms with Crippen LogP contribution in [-0.4, -0.2) is 19.5 Å². The molecule has 0 N–H and O–H groups in total. The van der Waals surface area contributed by atoms with E-state index in [-0.39, 0.29) is 6.29 Å². The van der Waals surface area contributed by atoms with Gasteiger partial charge in [-0.3, -0.25) is 0 Å². The molecule has 1 heterocycles. The van der Waals surface area contributed by atoms with Crippen LogP contribution in [0, 0.1) is 24.2 Å². The van der Waals surface area contributed by atoms with Crippen LogP contribution in [0.3, 0.4) is 0 Å². The Kier molecular flexibility index (Phi) is 8.13. The Morgan fingerprint density at radius 1 is 1.06 bits per heavy atom. The smallest absolute Gasteiger partial charge is 0.168 e. The molecule has 0 bridgehead atoms. The monoisotopic (exact) mass is 252 g/mol. The van der Waals surface area contributed by atoms with Crippen molar-refractivity contribution in [2.75, 3.05) is 13.2 Å². The van der Waals surface area contributed by atoms with Gasteiger partial charge in [-0.2, -0.15) is 0 Å². The average molecular weight is 252 g/mol. The van der Waals surface area contributed by atoms with Crippen LogP contribution in [0.25, 0.3) is 0 Å². The highest BCUT2D eigenvalue weighted by molar-refractivity contribution is 4.85. The van der Waals surface area contributed by atoms with Gasteiger partial charge in [0.05, 0.1) is 19.6 Å². The molecule has 1 aliphatic heterocycles. The van der Waals surface area contributed by atoms with Gasteiger partial charge in [-0.15, -0.1) is 12.3 Å². The zero-order chi connectivity index (χ0) is 13.2. The second-order valence-corrected chi connectivity index (χ2v) is 5.58. The third-order valence-electron chi connectivity index (χ3n) is 3.77. The van der Waals surface area contributed by atoms with Gasteiger partial charge in [-0.25, -0.2) is 0 Å². The molecule has 104 valence electrons. The molecule has 0 aromatic carbocycles. The van der Waals surface area contributed by atoms with E-state index in [1.54, 1.807) is 0 Å². The highest BCUT2D eigenvalue weighted by atomic mass is 16.7. The van der Waals surface area contributed by atoms with Gasteiger partial charge in [0.1, 0.15) is 0 Å². The summed E-state index contributed by atoms with van der Waals surface area (Å²) in [4.78, 5) is 0. The lowest BCUT2D eigenvalue weighted by Crippen LogP contribution is -2.23. The highest BCUT2D eigenvalue weighted by Gasteiger charge is 2.15. The standard InChI is InChI=1S/C9H18.C7H10O2/c1-8(2)9-6-4-3-5-7-9;1-2-4-7-8-5-3-6-9-7/h8-9H,3-7H2,1-2H3;1,7H,3-6H2. The van der Waals surface area contributed by atoms with Gasteiger partial charge in [0.25, 0.3) is 0 Å². The van der Waals surface area contributed by atoms with Crippen molar-refractivity contribution in [1.82, 2.24) is 0 Å². The van der Waals surface area contributed by atoms with Crippen molar-refractivity contribution in [3.8, 4) is 12.3 Å². The molecule has 1 saturated heterocycles. The van der Waals surface area contributed by atoms with Crippen LogP contribution in [-0.2, 0) is 9.47 Å². The number of ether oxygens (including phenoxy) is 2. The quantitative estimate of drug-likeness (QED) is 0.692. The summed E-state index contributed by atoms with van der Waals surface area (Å²) in [7, 11) is 0. The molecule has 1 aliphatic carbocycles. The fourth-order valence-corrected chi connectivity index (χ4v) is 2.55. The van der Waals surface area contributed by atoms with Crippen LogP contribution in [0.4, 0.5) is 0 Å². The van der Waals surface area contributed by atoms with Crippen LogP contribution in [0.15, 0.2) is 0 Å². The molecule has 2 heteroatoms. The van der Waals surface area contributed by atoms with Crippen molar-refractivity contribution in [1.29, 1.82) is 0 Å². The predicted molar refractivity (Wildman–Crippen MR) is 75.2 cm³/mol. The lowest BCUT2D eigenvalue weighted by Gasteiger charge is -2.24. The zero-order valence-electron chi connectivity index (χ0n) is 12.0. The summed E-state index contributed by atoms with van der Waals surface area (Å²) in [6.45, 7) is 6.28. The second-order valence-electron chi connectivity index (χ2n) is 5.58. The third kappa shape index (κ3) is 6.42. The van der Waals surface area contributed by atoms with E-state index in [4.69, 9.17) is 15.9 Å². The van der Waals surface area contributed by atoms with Crippen LogP contribution in [0.1, 0.15) is 58.8 Å². The molecular formula is C16H28O2. The minimum Gasteiger partial charge on any atom is -0.352 e. The van der Waals surface area contributed by atoms with Crippen molar-refractivity contribution in [2.24, 2.45) is 11.8 Å². The SMILES string of the molecule is C#CCC1OCCCO1.CC(C)C1CCCCC1. The Labute approximate surface area is 112 Å². The van der Waals surface area contributed by atoms with Crippen LogP contribution >= 0.6 is 0 Å². The van der Waals surface area contributed by atoms with Crippen molar-refractivity contribution >= 4 is 0 Å². The Bertz CT molecular complexity index is 230. The summed E-state index contributed by atoms with van der Waals surface area (Å²) in [5, 5.41) is 0. The fraction of sp³-hybridized carbons (Fsp3) is 0.875. The fourth-order valence-electron chi connectivity index (χ4n) is 2.55. The molecule has 2 rings (SSSR count). The van der Waals surface area contributed by atoms with E-state index in [0.717, 1.165) is 31.5 Å². The Hall–Kier alpha value is -0.520. The van der Waals surface area contributed by atoms with E-state index >= 15 is 0 Å². The molecule has 0 unspecified atom stereocenters. The number of hydrogen-bond donors (Lipinski definition) is 0. The highest BCUT2D eigenvalue weighted by Crippen LogP contribution is 2.29. The zero-order valence-corrected chi connectivity index (χ0v) is 12.0. The minimum absolute atomic E-state index is 0.135. The van der Waals surface area contributed by atoms with E-state index in [0.29, 0.717) is 6.42 Å². The molecule has 0 radical (unpaired) electrons. The summed E-state index contributed by atoms with van der Waals surface area (Å²) in [6, 6.07) is 0. The van der Waals surface area contributed by atoms with Crippen molar-refractivity contribution in [2.45, 2.75) is 65.1 Å². The molecule has 2 aliphatic rings. The van der Waals surface area contributed by atoms with E-state index in [1.807, 2.05) is 0 Å². The first-order valence-electron chi connectivity index (χ1n) is 7.40. The number of hydrogen-bond acceptors (Lipinski definition) is 2. The Balaban J connectivity index is 0.000000180. The molecule has 2 fully saturated rings. The third-order valence-corrected chi connectivity index (χ3v) is 3.77. The average Bonchev–Trinajstić information content (AvgIpc) is 2.42. The number of terminal acetylenes is 1. The van der Waals surface area contributed by atoms with Gasteiger partial charge in [-0.1, -0.05) is 46.0 Å². The van der Waals surface area contributed by atoms with Crippen LogP contribution in [0.5, 0.6) is 0 Å². The Morgan fingerprint density at radius 3 is 2.11 bits per heavy atom. The summed E-state index contributed by atoms with van der Waals surface area (Å²) < 4.78 is 10.3. The molecular weight excluding hydrogens is 224 g/mol. The molecule has 1 saturated carbocycles. The lowest BCUT2D eigenvalue weighted by atomic mass is 9.82. The van der Waals surface area contributed by atoms with E-state index < -0.39 is 0 Å². The van der Waals surface area contributed by atoms with Gasteiger partial charge in [0.2, 0.25) is 0 Å². The van der Waals surface area contributed by atoms with Gasteiger partial charge in [0.15, 0.2) is 6.29 Å². The van der Waals surface area contributed by atoms with Crippen molar-refractivity contribution in [3.63, 3.8) is 0 Å². The van der Waals surface area contributed by atoms with E-state index in [2.05, 4.69) is 19.8 Å². The predicted octanol–water partition coefficient (Wildman–Crippen LogP) is 4.00. The molecule has 0 amide bonds. The Morgan fingerprint density at radius 2 is 1.67 bits per heavy atom. The first-order valence-corrected chi connectivity index (χ1v) is 7.40. The maximum atomic E-state index is 5.15. The molecule has 0 aromatic heterocycles. The second kappa shape index (κ2) is 9.42. The number of rotatable bonds is 2. The maximum absolute atomic E-state index is 5.15. The van der Waals surface area contributed by atoms with Crippen LogP contribution in [0.2, 0.25) is 0 Å². The summed E-state index contributed by atoms with van der Waals surface area (Å²) in [5.41, 5.74) is 0. The first kappa shape index (κ1) is 15.5. The summed E-state index contributed by atoms with van der Waals surface area (Å²) in [6.07, 6.45) is 13.9. The molecule has 18 heavy (non-hydrogen) atoms. The van der Waals surface area contributed by atoms with Crippen LogP contribution < -0.4 is 0 Å². The largest absolute Gasteiger partial charge is 0.352 e. The van der Waals surface area contributed by atoms with Crippen molar-refractivity contribution < 1.29 is 9.47 Å².